The molecule has 0 saturated carbocycles. The van der Waals surface area contributed by atoms with Gasteiger partial charge in [-0.05, 0) is 31.6 Å². The fourth-order valence-corrected chi connectivity index (χ4v) is 5.51. The van der Waals surface area contributed by atoms with Crippen LogP contribution in [0.2, 0.25) is 5.15 Å². The number of halogens is 1. The number of nitrogens with one attached hydrogen (secondary N) is 1. The lowest BCUT2D eigenvalue weighted by Crippen LogP contribution is -2.20. The predicted molar refractivity (Wildman–Crippen MR) is 115 cm³/mol. The molecule has 12 heteroatoms. The van der Waals surface area contributed by atoms with Crippen molar-refractivity contribution in [3.8, 4) is 11.5 Å². The number of rotatable bonds is 6. The lowest BCUT2D eigenvalue weighted by atomic mass is 10.2. The van der Waals surface area contributed by atoms with Crippen LogP contribution in [-0.2, 0) is 24.2 Å². The van der Waals surface area contributed by atoms with Crippen LogP contribution >= 0.6 is 11.6 Å². The Balaban J connectivity index is 1.32. The molecular formula is C20H20ClN3O7S. The van der Waals surface area contributed by atoms with Gasteiger partial charge >= 0.3 is 5.97 Å². The van der Waals surface area contributed by atoms with E-state index in [0.29, 0.717) is 34.9 Å². The number of ether oxygens (including phenoxy) is 3. The summed E-state index contributed by atoms with van der Waals surface area (Å²) in [4.78, 5) is 24.1. The predicted octanol–water partition coefficient (Wildman–Crippen LogP) is 2.13. The number of carbonyl (C=O) groups excluding carboxylic acids is 2. The molecule has 2 aromatic rings. The second kappa shape index (κ2) is 8.83. The van der Waals surface area contributed by atoms with Crippen LogP contribution < -0.4 is 14.8 Å². The lowest BCUT2D eigenvalue weighted by Gasteiger charge is -2.09. The van der Waals surface area contributed by atoms with Crippen molar-refractivity contribution in [1.29, 1.82) is 0 Å². The number of hydrogen-bond acceptors (Lipinski definition) is 8. The van der Waals surface area contributed by atoms with Crippen LogP contribution in [0, 0.1) is 6.92 Å². The smallest absolute Gasteiger partial charge is 0.331 e. The zero-order chi connectivity index (χ0) is 22.9. The summed E-state index contributed by atoms with van der Waals surface area (Å²) in [7, 11) is -3.09. The Morgan fingerprint density at radius 3 is 2.88 bits per heavy atom. The van der Waals surface area contributed by atoms with Crippen molar-refractivity contribution in [1.82, 2.24) is 9.78 Å². The number of sulfone groups is 1. The number of hydrogen-bond donors (Lipinski definition) is 1. The molecule has 0 radical (unpaired) electrons. The van der Waals surface area contributed by atoms with Crippen LogP contribution in [0.3, 0.4) is 0 Å². The maximum absolute atomic E-state index is 12.0. The van der Waals surface area contributed by atoms with Gasteiger partial charge in [0.15, 0.2) is 27.9 Å². The van der Waals surface area contributed by atoms with E-state index in [4.69, 9.17) is 25.8 Å². The van der Waals surface area contributed by atoms with E-state index in [1.165, 1.54) is 10.8 Å². The molecule has 0 unspecified atom stereocenters. The highest BCUT2D eigenvalue weighted by Gasteiger charge is 2.31. The van der Waals surface area contributed by atoms with E-state index in [1.54, 1.807) is 25.1 Å². The van der Waals surface area contributed by atoms with Crippen LogP contribution in [0.25, 0.3) is 6.08 Å². The van der Waals surface area contributed by atoms with Crippen LogP contribution in [0.15, 0.2) is 24.3 Å². The molecule has 1 fully saturated rings. The fraction of sp³-hybridized carbons (Fsp3) is 0.350. The van der Waals surface area contributed by atoms with Gasteiger partial charge in [0, 0.05) is 23.4 Å². The molecule has 1 aromatic carbocycles. The Hall–Kier alpha value is -3.05. The molecule has 1 aromatic heterocycles. The summed E-state index contributed by atoms with van der Waals surface area (Å²) in [6.07, 6.45) is 3.01. The second-order valence-corrected chi connectivity index (χ2v) is 9.94. The number of benzene rings is 1. The minimum atomic E-state index is -3.09. The second-order valence-electron chi connectivity index (χ2n) is 7.35. The van der Waals surface area contributed by atoms with Gasteiger partial charge in [0.05, 0.1) is 23.2 Å². The highest BCUT2D eigenvalue weighted by atomic mass is 35.5. The zero-order valence-electron chi connectivity index (χ0n) is 17.0. The number of aromatic nitrogens is 2. The van der Waals surface area contributed by atoms with Crippen molar-refractivity contribution in [2.75, 3.05) is 30.2 Å². The molecule has 170 valence electrons. The Morgan fingerprint density at radius 2 is 2.12 bits per heavy atom. The summed E-state index contributed by atoms with van der Waals surface area (Å²) in [5.41, 5.74) is 1.51. The van der Waals surface area contributed by atoms with E-state index in [1.807, 2.05) is 0 Å². The number of fused-ring (bicyclic) bond motifs is 1. The summed E-state index contributed by atoms with van der Waals surface area (Å²) in [6, 6.07) is 4.59. The third-order valence-electron chi connectivity index (χ3n) is 5.01. The van der Waals surface area contributed by atoms with Crippen molar-refractivity contribution in [2.45, 2.75) is 19.4 Å². The molecule has 4 rings (SSSR count). The monoisotopic (exact) mass is 481 g/mol. The molecular weight excluding hydrogens is 462 g/mol. The first-order valence-electron chi connectivity index (χ1n) is 9.71. The van der Waals surface area contributed by atoms with E-state index in [9.17, 15) is 18.0 Å². The van der Waals surface area contributed by atoms with Crippen LogP contribution in [0.1, 0.15) is 23.7 Å². The first-order chi connectivity index (χ1) is 15.2. The number of anilines is 1. The molecule has 32 heavy (non-hydrogen) atoms. The topological polar surface area (TPSA) is 126 Å². The van der Waals surface area contributed by atoms with Gasteiger partial charge in [-0.1, -0.05) is 11.6 Å². The van der Waals surface area contributed by atoms with Crippen molar-refractivity contribution < 1.29 is 32.2 Å². The Morgan fingerprint density at radius 1 is 1.34 bits per heavy atom. The highest BCUT2D eigenvalue weighted by molar-refractivity contribution is 7.91. The quantitative estimate of drug-likeness (QED) is 0.491. The van der Waals surface area contributed by atoms with Gasteiger partial charge in [0.25, 0.3) is 5.91 Å². The van der Waals surface area contributed by atoms with E-state index in [-0.39, 0.29) is 29.5 Å². The van der Waals surface area contributed by atoms with E-state index >= 15 is 0 Å². The molecule has 3 heterocycles. The minimum Gasteiger partial charge on any atom is -0.454 e. The number of esters is 1. The van der Waals surface area contributed by atoms with Crippen LogP contribution in [-0.4, -0.2) is 55.0 Å². The Kier molecular flexibility index (Phi) is 6.11. The van der Waals surface area contributed by atoms with Crippen molar-refractivity contribution in [3.05, 3.63) is 40.7 Å². The lowest BCUT2D eigenvalue weighted by molar-refractivity contribution is -0.142. The third kappa shape index (κ3) is 4.89. The number of nitrogens with zero attached hydrogens (tertiary/aromatic N) is 2. The number of aryl methyl sites for hydroxylation is 1. The average Bonchev–Trinajstić information content (AvgIpc) is 3.42. The molecule has 0 bridgehead atoms. The molecule has 2 aliphatic heterocycles. The molecule has 1 N–H and O–H groups in total. The SMILES string of the molecule is Cc1nn([C@H]2CCS(=O)(=O)C2)c(Cl)c1/C=C/C(=O)OCC(=O)Nc1ccc2c(c1)OCO2. The summed E-state index contributed by atoms with van der Waals surface area (Å²) in [5.74, 6) is -0.0688. The van der Waals surface area contributed by atoms with E-state index < -0.39 is 28.3 Å². The maximum atomic E-state index is 12.0. The summed E-state index contributed by atoms with van der Waals surface area (Å²) < 4.78 is 40.3. The van der Waals surface area contributed by atoms with Gasteiger partial charge in [-0.2, -0.15) is 5.10 Å². The molecule has 1 amide bonds. The van der Waals surface area contributed by atoms with E-state index in [2.05, 4.69) is 10.4 Å². The molecule has 10 nitrogen and oxygen atoms in total. The van der Waals surface area contributed by atoms with Crippen LogP contribution in [0.5, 0.6) is 11.5 Å². The van der Waals surface area contributed by atoms with Gasteiger partial charge < -0.3 is 19.5 Å². The van der Waals surface area contributed by atoms with Gasteiger partial charge in [0.1, 0.15) is 5.15 Å². The van der Waals surface area contributed by atoms with Crippen molar-refractivity contribution in [3.63, 3.8) is 0 Å². The normalized spacial score (nSPS) is 18.8. The zero-order valence-corrected chi connectivity index (χ0v) is 18.6. The molecule has 1 saturated heterocycles. The number of amides is 1. The van der Waals surface area contributed by atoms with Crippen molar-refractivity contribution >= 4 is 45.1 Å². The van der Waals surface area contributed by atoms with Gasteiger partial charge in [-0.25, -0.2) is 17.9 Å². The Labute approximate surface area is 189 Å². The summed E-state index contributed by atoms with van der Waals surface area (Å²) in [5, 5.41) is 7.16. The summed E-state index contributed by atoms with van der Waals surface area (Å²) >= 11 is 6.36. The fourth-order valence-electron chi connectivity index (χ4n) is 3.44. The highest BCUT2D eigenvalue weighted by Crippen LogP contribution is 2.34. The minimum absolute atomic E-state index is 0.0164. The molecule has 2 aliphatic rings. The largest absolute Gasteiger partial charge is 0.454 e. The van der Waals surface area contributed by atoms with Gasteiger partial charge in [-0.3, -0.25) is 4.79 Å². The third-order valence-corrected chi connectivity index (χ3v) is 7.14. The van der Waals surface area contributed by atoms with Crippen LogP contribution in [0.4, 0.5) is 5.69 Å². The molecule has 1 atom stereocenters. The maximum Gasteiger partial charge on any atom is 0.331 e. The molecule has 0 aliphatic carbocycles. The molecule has 0 spiro atoms. The van der Waals surface area contributed by atoms with Gasteiger partial charge in [-0.15, -0.1) is 0 Å². The first kappa shape index (κ1) is 22.2. The van der Waals surface area contributed by atoms with Crippen molar-refractivity contribution in [2.24, 2.45) is 0 Å². The van der Waals surface area contributed by atoms with E-state index in [0.717, 1.165) is 6.08 Å². The van der Waals surface area contributed by atoms with Gasteiger partial charge in [0.2, 0.25) is 6.79 Å². The Bertz CT molecular complexity index is 1210. The number of carbonyl (C=O) groups is 2. The standard InChI is InChI=1S/C20H20ClN3O7S/c1-12-15(20(21)24(23-12)14-6-7-32(27,28)10-14)3-5-19(26)29-9-18(25)22-13-2-4-16-17(8-13)31-11-30-16/h2-5,8,14H,6-7,9-11H2,1H3,(H,22,25)/b5-3+/t14-/m0/s1. The average molecular weight is 482 g/mol. The summed E-state index contributed by atoms with van der Waals surface area (Å²) in [6.45, 7) is 1.35. The first-order valence-corrected chi connectivity index (χ1v) is 11.9.